The highest BCUT2D eigenvalue weighted by molar-refractivity contribution is 5.78. The number of aliphatic hydroxyl groups excluding tert-OH is 3. The lowest BCUT2D eigenvalue weighted by Crippen LogP contribution is -2.61. The maximum absolute atomic E-state index is 10.7. The van der Waals surface area contributed by atoms with Crippen LogP contribution in [0, 0.1) is 5.92 Å². The Kier molecular flexibility index (Phi) is 2.82. The molecule has 0 heterocycles. The lowest BCUT2D eigenvalue weighted by atomic mass is 9.72. The van der Waals surface area contributed by atoms with Crippen molar-refractivity contribution in [3.63, 3.8) is 0 Å². The second-order valence-corrected chi connectivity index (χ2v) is 3.77. The fraction of sp³-hybridized carbons (Fsp3) is 0.875. The van der Waals surface area contributed by atoms with E-state index >= 15 is 0 Å². The monoisotopic (exact) mass is 206 g/mol. The van der Waals surface area contributed by atoms with Gasteiger partial charge in [-0.2, -0.15) is 0 Å². The standard InChI is InChI=1S/C8H14O6/c1-3-5(10)6(11)4(9)2-8(3,14)7(12)13/h3-6,9-11,14H,2H2,1H3,(H,12,13)/t3?,4-,5-,6?,8?/m1/s1. The van der Waals surface area contributed by atoms with Crippen LogP contribution in [0.2, 0.25) is 0 Å². The molecule has 1 fully saturated rings. The van der Waals surface area contributed by atoms with E-state index in [1.54, 1.807) is 0 Å². The zero-order valence-corrected chi connectivity index (χ0v) is 7.66. The van der Waals surface area contributed by atoms with Gasteiger partial charge in [0, 0.05) is 12.3 Å². The van der Waals surface area contributed by atoms with Crippen molar-refractivity contribution in [1.29, 1.82) is 0 Å². The van der Waals surface area contributed by atoms with Crippen LogP contribution >= 0.6 is 0 Å². The number of aliphatic hydroxyl groups is 4. The third kappa shape index (κ3) is 1.50. The molecular formula is C8H14O6. The second-order valence-electron chi connectivity index (χ2n) is 3.77. The summed E-state index contributed by atoms with van der Waals surface area (Å²) in [4.78, 5) is 10.7. The minimum Gasteiger partial charge on any atom is -0.479 e. The molecule has 0 radical (unpaired) electrons. The predicted molar refractivity (Wildman–Crippen MR) is 44.4 cm³/mol. The molecule has 1 saturated carbocycles. The van der Waals surface area contributed by atoms with Crippen molar-refractivity contribution in [2.75, 3.05) is 0 Å². The van der Waals surface area contributed by atoms with Gasteiger partial charge in [0.15, 0.2) is 5.60 Å². The van der Waals surface area contributed by atoms with Gasteiger partial charge in [0.1, 0.15) is 6.10 Å². The van der Waals surface area contributed by atoms with Crippen LogP contribution in [0.3, 0.4) is 0 Å². The number of hydrogen-bond acceptors (Lipinski definition) is 5. The summed E-state index contributed by atoms with van der Waals surface area (Å²) in [5, 5.41) is 46.2. The average molecular weight is 206 g/mol. The van der Waals surface area contributed by atoms with Gasteiger partial charge < -0.3 is 25.5 Å². The molecule has 14 heavy (non-hydrogen) atoms. The van der Waals surface area contributed by atoms with Crippen LogP contribution in [0.15, 0.2) is 0 Å². The van der Waals surface area contributed by atoms with Gasteiger partial charge in [-0.25, -0.2) is 4.79 Å². The van der Waals surface area contributed by atoms with E-state index < -0.39 is 42.2 Å². The van der Waals surface area contributed by atoms with Crippen LogP contribution in [-0.2, 0) is 4.79 Å². The quantitative estimate of drug-likeness (QED) is 0.336. The third-order valence-electron chi connectivity index (χ3n) is 2.90. The van der Waals surface area contributed by atoms with E-state index in [-0.39, 0.29) is 0 Å². The van der Waals surface area contributed by atoms with Gasteiger partial charge in [0.25, 0.3) is 0 Å². The highest BCUT2D eigenvalue weighted by Gasteiger charge is 2.53. The molecule has 5 N–H and O–H groups in total. The first-order chi connectivity index (χ1) is 6.30. The van der Waals surface area contributed by atoms with Crippen LogP contribution < -0.4 is 0 Å². The Morgan fingerprint density at radius 1 is 1.29 bits per heavy atom. The number of rotatable bonds is 1. The first-order valence-corrected chi connectivity index (χ1v) is 4.30. The minimum atomic E-state index is -2.18. The van der Waals surface area contributed by atoms with Crippen LogP contribution in [0.4, 0.5) is 0 Å². The molecule has 0 aromatic carbocycles. The fourth-order valence-electron chi connectivity index (χ4n) is 1.71. The van der Waals surface area contributed by atoms with Crippen molar-refractivity contribution < 1.29 is 30.3 Å². The van der Waals surface area contributed by atoms with E-state index in [0.717, 1.165) is 0 Å². The summed E-state index contributed by atoms with van der Waals surface area (Å²) in [7, 11) is 0. The first kappa shape index (κ1) is 11.4. The zero-order chi connectivity index (χ0) is 11.1. The van der Waals surface area contributed by atoms with E-state index in [4.69, 9.17) is 5.11 Å². The molecule has 3 unspecified atom stereocenters. The van der Waals surface area contributed by atoms with Gasteiger partial charge in [-0.3, -0.25) is 0 Å². The topological polar surface area (TPSA) is 118 Å². The number of carbonyl (C=O) groups is 1. The summed E-state index contributed by atoms with van der Waals surface area (Å²) >= 11 is 0. The van der Waals surface area contributed by atoms with Crippen molar-refractivity contribution >= 4 is 5.97 Å². The Balaban J connectivity index is 2.96. The molecule has 5 atom stereocenters. The van der Waals surface area contributed by atoms with Crippen LogP contribution in [0.5, 0.6) is 0 Å². The number of carboxylic acids is 1. The van der Waals surface area contributed by atoms with Crippen molar-refractivity contribution in [2.45, 2.75) is 37.3 Å². The predicted octanol–water partition coefficient (Wildman–Crippen LogP) is -2.08. The summed E-state index contributed by atoms with van der Waals surface area (Å²) in [6.07, 6.45) is -4.77. The average Bonchev–Trinajstić information content (AvgIpc) is 2.11. The zero-order valence-electron chi connectivity index (χ0n) is 7.66. The Bertz CT molecular complexity index is 242. The molecule has 1 aliphatic carbocycles. The Morgan fingerprint density at radius 2 is 1.79 bits per heavy atom. The van der Waals surface area contributed by atoms with Crippen molar-refractivity contribution in [3.05, 3.63) is 0 Å². The second kappa shape index (κ2) is 3.47. The molecule has 0 aromatic rings. The first-order valence-electron chi connectivity index (χ1n) is 4.30. The van der Waals surface area contributed by atoms with Crippen LogP contribution in [-0.4, -0.2) is 55.4 Å². The Labute approximate surface area is 80.4 Å². The normalized spacial score (nSPS) is 48.9. The summed E-state index contributed by atoms with van der Waals surface area (Å²) in [6, 6.07) is 0. The molecule has 1 aliphatic rings. The lowest BCUT2D eigenvalue weighted by Gasteiger charge is -2.42. The van der Waals surface area contributed by atoms with Gasteiger partial charge in [0.2, 0.25) is 0 Å². The van der Waals surface area contributed by atoms with Crippen molar-refractivity contribution in [3.8, 4) is 0 Å². The molecule has 0 saturated heterocycles. The minimum absolute atomic E-state index is 0.484. The fourth-order valence-corrected chi connectivity index (χ4v) is 1.71. The third-order valence-corrected chi connectivity index (χ3v) is 2.90. The van der Waals surface area contributed by atoms with E-state index in [1.165, 1.54) is 6.92 Å². The molecule has 0 spiro atoms. The molecular weight excluding hydrogens is 192 g/mol. The highest BCUT2D eigenvalue weighted by atomic mass is 16.4. The summed E-state index contributed by atoms with van der Waals surface area (Å²) < 4.78 is 0. The van der Waals surface area contributed by atoms with Crippen LogP contribution in [0.1, 0.15) is 13.3 Å². The molecule has 1 rings (SSSR count). The molecule has 0 amide bonds. The van der Waals surface area contributed by atoms with Gasteiger partial charge in [0.05, 0.1) is 12.2 Å². The molecule has 0 bridgehead atoms. The maximum Gasteiger partial charge on any atom is 0.336 e. The van der Waals surface area contributed by atoms with E-state index in [2.05, 4.69) is 0 Å². The SMILES string of the molecule is CC1[C@@H](O)C(O)[C@H](O)CC1(O)C(=O)O. The summed E-state index contributed by atoms with van der Waals surface area (Å²) in [5.41, 5.74) is -2.18. The molecule has 6 heteroatoms. The van der Waals surface area contributed by atoms with Gasteiger partial charge >= 0.3 is 5.97 Å². The van der Waals surface area contributed by atoms with Crippen molar-refractivity contribution in [1.82, 2.24) is 0 Å². The maximum atomic E-state index is 10.7. The lowest BCUT2D eigenvalue weighted by molar-refractivity contribution is -0.206. The highest BCUT2D eigenvalue weighted by Crippen LogP contribution is 2.34. The molecule has 82 valence electrons. The number of carboxylic acid groups (broad SMARTS) is 1. The smallest absolute Gasteiger partial charge is 0.336 e. The Hall–Kier alpha value is -0.690. The van der Waals surface area contributed by atoms with Crippen molar-refractivity contribution in [2.24, 2.45) is 5.92 Å². The van der Waals surface area contributed by atoms with E-state index in [9.17, 15) is 25.2 Å². The molecule has 0 aromatic heterocycles. The van der Waals surface area contributed by atoms with Crippen LogP contribution in [0.25, 0.3) is 0 Å². The molecule has 0 aliphatic heterocycles. The summed E-state index contributed by atoms with van der Waals surface area (Å²) in [6.45, 7) is 1.31. The Morgan fingerprint density at radius 3 is 2.21 bits per heavy atom. The van der Waals surface area contributed by atoms with E-state index in [1.807, 2.05) is 0 Å². The largest absolute Gasteiger partial charge is 0.479 e. The number of hydrogen-bond donors (Lipinski definition) is 5. The van der Waals surface area contributed by atoms with Gasteiger partial charge in [-0.15, -0.1) is 0 Å². The van der Waals surface area contributed by atoms with E-state index in [0.29, 0.717) is 0 Å². The molecule has 6 nitrogen and oxygen atoms in total. The van der Waals surface area contributed by atoms with Gasteiger partial charge in [-0.1, -0.05) is 6.92 Å². The number of aliphatic carboxylic acids is 1. The van der Waals surface area contributed by atoms with Gasteiger partial charge in [-0.05, 0) is 0 Å². The summed E-state index contributed by atoms with van der Waals surface area (Å²) in [5.74, 6) is -2.53.